The molecule has 2 aromatic rings. The van der Waals surface area contributed by atoms with Gasteiger partial charge in [0.05, 0.1) is 17.6 Å². The van der Waals surface area contributed by atoms with Gasteiger partial charge in [-0.1, -0.05) is 54.6 Å². The lowest BCUT2D eigenvalue weighted by molar-refractivity contribution is -0.139. The predicted molar refractivity (Wildman–Crippen MR) is 102 cm³/mol. The first-order valence-corrected chi connectivity index (χ1v) is 9.52. The quantitative estimate of drug-likeness (QED) is 0.529. The fourth-order valence-corrected chi connectivity index (χ4v) is 3.19. The Hall–Kier alpha value is -3.33. The maximum Gasteiger partial charge on any atom is 0.313 e. The van der Waals surface area contributed by atoms with Crippen LogP contribution in [0.4, 0.5) is 0 Å². The molecule has 1 atom stereocenters. The first-order chi connectivity index (χ1) is 15.7. The zero-order valence-electron chi connectivity index (χ0n) is 20.0. The van der Waals surface area contributed by atoms with Gasteiger partial charge in [-0.2, -0.15) is 8.42 Å². The number of ketones is 1. The molecule has 3 rings (SSSR count). The van der Waals surface area contributed by atoms with E-state index >= 15 is 0 Å². The van der Waals surface area contributed by atoms with Crippen molar-refractivity contribution < 1.29 is 38.5 Å². The van der Waals surface area contributed by atoms with Crippen LogP contribution >= 0.6 is 0 Å². The Bertz CT molecular complexity index is 1260. The highest BCUT2D eigenvalue weighted by Crippen LogP contribution is 2.32. The van der Waals surface area contributed by atoms with Crippen molar-refractivity contribution in [3.8, 4) is 0 Å². The monoisotopic (exact) mass is 422 g/mol. The number of benzene rings is 2. The predicted octanol–water partition coefficient (Wildman–Crippen LogP) is 1.72. The van der Waals surface area contributed by atoms with E-state index in [4.69, 9.17) is 21.5 Å². The van der Waals surface area contributed by atoms with E-state index in [1.807, 2.05) is 0 Å². The summed E-state index contributed by atoms with van der Waals surface area (Å²) in [4.78, 5) is 24.6. The molecule has 0 saturated carbocycles. The maximum absolute atomic E-state index is 12.9. The Morgan fingerprint density at radius 1 is 1.17 bits per heavy atom. The SMILES string of the molecule is [2H]C([2H])(C(=O)OC)c1ccc(C2([2H])OC(N)=C(OS(=O)(=O)C([2H])([2H])c3ccccc3)C2=O)cc1. The van der Waals surface area contributed by atoms with Gasteiger partial charge in [-0.3, -0.25) is 9.59 Å². The number of rotatable bonds is 7. The molecule has 2 aromatic carbocycles. The van der Waals surface area contributed by atoms with Gasteiger partial charge >= 0.3 is 16.1 Å². The van der Waals surface area contributed by atoms with Gasteiger partial charge in [0.25, 0.3) is 0 Å². The summed E-state index contributed by atoms with van der Waals surface area (Å²) in [7, 11) is -4.11. The van der Waals surface area contributed by atoms with Crippen molar-refractivity contribution in [2.24, 2.45) is 5.73 Å². The van der Waals surface area contributed by atoms with Crippen LogP contribution in [0.2, 0.25) is 0 Å². The molecule has 0 bridgehead atoms. The van der Waals surface area contributed by atoms with Gasteiger partial charge in [0.1, 0.15) is 5.70 Å². The van der Waals surface area contributed by atoms with Crippen molar-refractivity contribution in [1.82, 2.24) is 0 Å². The van der Waals surface area contributed by atoms with Crippen molar-refractivity contribution in [2.75, 3.05) is 7.11 Å². The fourth-order valence-electron chi connectivity index (χ4n) is 2.34. The van der Waals surface area contributed by atoms with Crippen LogP contribution in [0.5, 0.6) is 0 Å². The Labute approximate surface area is 175 Å². The first kappa shape index (κ1) is 14.6. The third-order valence-electron chi connectivity index (χ3n) is 3.64. The molecule has 1 aliphatic heterocycles. The second kappa shape index (κ2) is 8.36. The Kier molecular flexibility index (Phi) is 4.22. The minimum atomic E-state index is -5.12. The van der Waals surface area contributed by atoms with E-state index in [2.05, 4.69) is 4.74 Å². The van der Waals surface area contributed by atoms with Gasteiger partial charge in [0.15, 0.2) is 6.08 Å². The topological polar surface area (TPSA) is 122 Å². The van der Waals surface area contributed by atoms with Crippen LogP contribution in [0.1, 0.15) is 29.6 Å². The molecule has 29 heavy (non-hydrogen) atoms. The van der Waals surface area contributed by atoms with Gasteiger partial charge in [0.2, 0.25) is 17.4 Å². The number of esters is 1. The van der Waals surface area contributed by atoms with E-state index < -0.39 is 51.7 Å². The smallest absolute Gasteiger partial charge is 0.313 e. The maximum atomic E-state index is 12.9. The standard InChI is InChI=1S/C20H19NO7S/c1-26-16(22)11-13-7-9-15(10-8-13)18-17(23)19(20(21)27-18)28-29(24,25)12-14-5-3-2-4-6-14/h2-10,18H,11-12,21H2,1H3/i11D2,12D2,18D. The van der Waals surface area contributed by atoms with Crippen LogP contribution in [0.15, 0.2) is 66.2 Å². The van der Waals surface area contributed by atoms with Crippen molar-refractivity contribution in [2.45, 2.75) is 18.2 Å². The first-order valence-electron chi connectivity index (χ1n) is 10.6. The molecule has 9 heteroatoms. The van der Waals surface area contributed by atoms with Gasteiger partial charge in [-0.15, -0.1) is 0 Å². The molecule has 8 nitrogen and oxygen atoms in total. The highest BCUT2D eigenvalue weighted by atomic mass is 32.2. The van der Waals surface area contributed by atoms with Gasteiger partial charge in [-0.05, 0) is 11.1 Å². The Morgan fingerprint density at radius 3 is 2.45 bits per heavy atom. The number of ether oxygens (including phenoxy) is 2. The third-order valence-corrected chi connectivity index (χ3v) is 4.51. The number of Topliss-reactive ketones (excluding diaryl/α,β-unsaturated/α-hetero) is 1. The molecule has 152 valence electrons. The average Bonchev–Trinajstić information content (AvgIpc) is 3.02. The van der Waals surface area contributed by atoms with Gasteiger partial charge < -0.3 is 19.4 Å². The number of carbonyl (C=O) groups excluding carboxylic acids is 2. The Balaban J connectivity index is 1.89. The molecule has 1 heterocycles. The third kappa shape index (κ3) is 4.94. The number of nitrogens with two attached hydrogens (primary N) is 1. The minimum Gasteiger partial charge on any atom is -0.469 e. The van der Waals surface area contributed by atoms with Crippen molar-refractivity contribution in [3.63, 3.8) is 0 Å². The van der Waals surface area contributed by atoms with Crippen LogP contribution in [0.3, 0.4) is 0 Å². The summed E-state index contributed by atoms with van der Waals surface area (Å²) in [5.41, 5.74) is 1.99. The normalized spacial score (nSPS) is 22.5. The van der Waals surface area contributed by atoms with E-state index in [9.17, 15) is 18.0 Å². The molecule has 1 unspecified atom stereocenters. The second-order valence-electron chi connectivity index (χ2n) is 5.65. The van der Waals surface area contributed by atoms with E-state index in [1.54, 1.807) is 6.07 Å². The molecule has 2 N–H and O–H groups in total. The molecule has 0 aromatic heterocycles. The number of methoxy groups -OCH3 is 1. The Morgan fingerprint density at radius 2 is 1.83 bits per heavy atom. The molecule has 0 saturated heterocycles. The summed E-state index contributed by atoms with van der Waals surface area (Å²) in [6.45, 7) is 0. The van der Waals surface area contributed by atoms with E-state index in [0.29, 0.717) is 0 Å². The summed E-state index contributed by atoms with van der Waals surface area (Å²) < 4.78 is 79.6. The summed E-state index contributed by atoms with van der Waals surface area (Å²) in [5, 5.41) is 0. The fraction of sp³-hybridized carbons (Fsp3) is 0.200. The molecule has 0 spiro atoms. The van der Waals surface area contributed by atoms with Crippen molar-refractivity contribution >= 4 is 21.9 Å². The lowest BCUT2D eigenvalue weighted by atomic mass is 10.0. The van der Waals surface area contributed by atoms with E-state index in [1.165, 1.54) is 24.3 Å². The van der Waals surface area contributed by atoms with E-state index in [-0.39, 0.29) is 16.7 Å². The van der Waals surface area contributed by atoms with E-state index in [0.717, 1.165) is 31.4 Å². The number of hydrogen-bond acceptors (Lipinski definition) is 8. The molecule has 0 aliphatic carbocycles. The highest BCUT2D eigenvalue weighted by molar-refractivity contribution is 7.86. The lowest BCUT2D eigenvalue weighted by Gasteiger charge is -2.10. The number of carbonyl (C=O) groups is 2. The average molecular weight is 422 g/mol. The van der Waals surface area contributed by atoms with Crippen LogP contribution in [-0.2, 0) is 45.4 Å². The largest absolute Gasteiger partial charge is 0.469 e. The van der Waals surface area contributed by atoms with Gasteiger partial charge in [0, 0.05) is 8.30 Å². The zero-order chi connectivity index (χ0) is 25.5. The van der Waals surface area contributed by atoms with Crippen LogP contribution in [0, 0.1) is 0 Å². The van der Waals surface area contributed by atoms with Crippen LogP contribution < -0.4 is 5.73 Å². The minimum absolute atomic E-state index is 0.131. The van der Waals surface area contributed by atoms with Crippen molar-refractivity contribution in [3.05, 3.63) is 82.9 Å². The summed E-state index contributed by atoms with van der Waals surface area (Å²) in [6.07, 6.45) is -5.10. The van der Waals surface area contributed by atoms with Crippen molar-refractivity contribution in [1.29, 1.82) is 0 Å². The van der Waals surface area contributed by atoms with Gasteiger partial charge in [-0.25, -0.2) is 0 Å². The molecule has 0 fully saturated rings. The summed E-state index contributed by atoms with van der Waals surface area (Å²) in [6, 6.07) is 11.3. The molecule has 1 aliphatic rings. The second-order valence-corrected chi connectivity index (χ2v) is 6.93. The number of hydrogen-bond donors (Lipinski definition) is 1. The zero-order valence-corrected chi connectivity index (χ0v) is 15.9. The highest BCUT2D eigenvalue weighted by Gasteiger charge is 2.39. The lowest BCUT2D eigenvalue weighted by Crippen LogP contribution is -2.16. The summed E-state index contributed by atoms with van der Waals surface area (Å²) in [5.74, 6) is -4.39. The molecular formula is C20H19NO7S. The molecule has 0 radical (unpaired) electrons. The van der Waals surface area contributed by atoms with Crippen LogP contribution in [-0.4, -0.2) is 27.3 Å². The molecule has 0 amide bonds. The molecular weight excluding hydrogens is 398 g/mol. The summed E-state index contributed by atoms with van der Waals surface area (Å²) >= 11 is 0. The van der Waals surface area contributed by atoms with Crippen LogP contribution in [0.25, 0.3) is 0 Å².